The number of alkyl halides is 2. The Hall–Kier alpha value is -1.92. The van der Waals surface area contributed by atoms with Gasteiger partial charge in [-0.15, -0.1) is 0 Å². The predicted molar refractivity (Wildman–Crippen MR) is 49.4 cm³/mol. The maximum absolute atomic E-state index is 13.2. The van der Waals surface area contributed by atoms with Crippen LogP contribution in [0.1, 0.15) is 12.1 Å². The van der Waals surface area contributed by atoms with Crippen LogP contribution in [0.25, 0.3) is 10.9 Å². The average Bonchev–Trinajstić information content (AvgIpc) is 2.24. The van der Waals surface area contributed by atoms with E-state index in [2.05, 4.69) is 0 Å². The zero-order valence-electron chi connectivity index (χ0n) is 8.03. The summed E-state index contributed by atoms with van der Waals surface area (Å²) in [5, 5.41) is -0.784. The number of aromatic amines is 1. The van der Waals surface area contributed by atoms with E-state index >= 15 is 0 Å². The first-order valence-electron chi connectivity index (χ1n) is 4.40. The number of pyridine rings is 1. The number of fused-ring (bicyclic) bond motifs is 1. The summed E-state index contributed by atoms with van der Waals surface area (Å²) in [4.78, 5) is 13.1. The van der Waals surface area contributed by atoms with E-state index in [4.69, 9.17) is 0 Å². The van der Waals surface area contributed by atoms with Gasteiger partial charge in [-0.3, -0.25) is 4.79 Å². The van der Waals surface area contributed by atoms with Gasteiger partial charge in [-0.2, -0.15) is 0 Å². The average molecular weight is 249 g/mol. The van der Waals surface area contributed by atoms with Crippen molar-refractivity contribution in [1.82, 2.24) is 4.98 Å². The van der Waals surface area contributed by atoms with E-state index in [1.165, 1.54) is 0 Å². The Kier molecular flexibility index (Phi) is 2.60. The molecule has 0 aliphatic rings. The van der Waals surface area contributed by atoms with Gasteiger partial charge in [0, 0.05) is 12.1 Å². The minimum atomic E-state index is -3.07. The van der Waals surface area contributed by atoms with Crippen molar-refractivity contribution in [3.63, 3.8) is 0 Å². The molecule has 0 atom stereocenters. The number of benzene rings is 1. The Bertz CT molecular complexity index is 649. The first kappa shape index (κ1) is 11.6. The number of halogens is 5. The standard InChI is InChI=1S/C10H4F5NO/c11-3-1-4(12)8(13)9-7(3)6(17)2-5(16-9)10(14)15/h1-2,10H,(H,16,17). The molecular weight excluding hydrogens is 245 g/mol. The molecular formula is C10H4F5NO. The molecule has 7 heteroatoms. The molecule has 1 aromatic heterocycles. The quantitative estimate of drug-likeness (QED) is 0.611. The molecule has 0 amide bonds. The summed E-state index contributed by atoms with van der Waals surface area (Å²) in [5.41, 5.74) is -2.93. The molecule has 0 unspecified atom stereocenters. The van der Waals surface area contributed by atoms with Crippen LogP contribution in [0.3, 0.4) is 0 Å². The molecule has 90 valence electrons. The number of aromatic nitrogens is 1. The van der Waals surface area contributed by atoms with Crippen LogP contribution in [0.5, 0.6) is 0 Å². The molecule has 0 radical (unpaired) electrons. The Morgan fingerprint density at radius 2 is 1.71 bits per heavy atom. The molecule has 1 heterocycles. The third kappa shape index (κ3) is 1.77. The second kappa shape index (κ2) is 3.83. The van der Waals surface area contributed by atoms with Gasteiger partial charge in [-0.25, -0.2) is 22.0 Å². The zero-order chi connectivity index (χ0) is 12.7. The lowest BCUT2D eigenvalue weighted by molar-refractivity contribution is 0.146. The van der Waals surface area contributed by atoms with E-state index in [0.29, 0.717) is 6.07 Å². The fourth-order valence-electron chi connectivity index (χ4n) is 1.47. The molecule has 0 aliphatic heterocycles. The van der Waals surface area contributed by atoms with Crippen molar-refractivity contribution in [3.8, 4) is 0 Å². The monoisotopic (exact) mass is 249 g/mol. The maximum atomic E-state index is 13.2. The summed E-state index contributed by atoms with van der Waals surface area (Å²) < 4.78 is 64.0. The van der Waals surface area contributed by atoms with Crippen molar-refractivity contribution in [2.75, 3.05) is 0 Å². The van der Waals surface area contributed by atoms with Gasteiger partial charge in [0.05, 0.1) is 16.6 Å². The third-order valence-corrected chi connectivity index (χ3v) is 2.21. The highest BCUT2D eigenvalue weighted by Gasteiger charge is 2.18. The van der Waals surface area contributed by atoms with E-state index < -0.39 is 45.9 Å². The van der Waals surface area contributed by atoms with Crippen LogP contribution < -0.4 is 5.43 Å². The minimum Gasteiger partial charge on any atom is -0.351 e. The van der Waals surface area contributed by atoms with Gasteiger partial charge >= 0.3 is 0 Å². The molecule has 0 saturated carbocycles. The summed E-state index contributed by atoms with van der Waals surface area (Å²) in [6.07, 6.45) is -3.07. The third-order valence-electron chi connectivity index (χ3n) is 2.21. The van der Waals surface area contributed by atoms with Gasteiger partial charge in [-0.05, 0) is 0 Å². The van der Waals surface area contributed by atoms with Gasteiger partial charge in [0.25, 0.3) is 6.43 Å². The van der Waals surface area contributed by atoms with E-state index in [1.807, 2.05) is 4.98 Å². The number of H-pyrrole nitrogens is 1. The van der Waals surface area contributed by atoms with E-state index in [-0.39, 0.29) is 6.07 Å². The smallest absolute Gasteiger partial charge is 0.278 e. The predicted octanol–water partition coefficient (Wildman–Crippen LogP) is 2.88. The molecule has 0 spiro atoms. The summed E-state index contributed by atoms with van der Waals surface area (Å²) in [6.45, 7) is 0. The fraction of sp³-hybridized carbons (Fsp3) is 0.100. The minimum absolute atomic E-state index is 0.189. The highest BCUT2D eigenvalue weighted by Crippen LogP contribution is 2.22. The number of hydrogen-bond acceptors (Lipinski definition) is 1. The SMILES string of the molecule is O=c1cc(C(F)F)[nH]c2c(F)c(F)cc(F)c12. The lowest BCUT2D eigenvalue weighted by Crippen LogP contribution is -2.09. The lowest BCUT2D eigenvalue weighted by atomic mass is 10.1. The van der Waals surface area contributed by atoms with Gasteiger partial charge in [-0.1, -0.05) is 0 Å². The molecule has 0 fully saturated rings. The summed E-state index contributed by atoms with van der Waals surface area (Å²) in [7, 11) is 0. The number of rotatable bonds is 1. The van der Waals surface area contributed by atoms with Gasteiger partial charge in [0.15, 0.2) is 17.1 Å². The van der Waals surface area contributed by atoms with E-state index in [0.717, 1.165) is 0 Å². The topological polar surface area (TPSA) is 32.9 Å². The van der Waals surface area contributed by atoms with Crippen molar-refractivity contribution >= 4 is 10.9 Å². The van der Waals surface area contributed by atoms with Crippen LogP contribution in [-0.2, 0) is 0 Å². The van der Waals surface area contributed by atoms with Gasteiger partial charge in [0.1, 0.15) is 5.82 Å². The van der Waals surface area contributed by atoms with E-state index in [1.54, 1.807) is 0 Å². The van der Waals surface area contributed by atoms with Crippen LogP contribution >= 0.6 is 0 Å². The molecule has 2 rings (SSSR count). The normalized spacial score (nSPS) is 11.4. The fourth-order valence-corrected chi connectivity index (χ4v) is 1.47. The van der Waals surface area contributed by atoms with Crippen LogP contribution in [0.2, 0.25) is 0 Å². The largest absolute Gasteiger partial charge is 0.351 e. The highest BCUT2D eigenvalue weighted by atomic mass is 19.3. The van der Waals surface area contributed by atoms with Crippen molar-refractivity contribution in [1.29, 1.82) is 0 Å². The molecule has 2 nitrogen and oxygen atoms in total. The van der Waals surface area contributed by atoms with Crippen LogP contribution in [0, 0.1) is 17.5 Å². The van der Waals surface area contributed by atoms with Crippen molar-refractivity contribution in [2.24, 2.45) is 0 Å². The number of hydrogen-bond donors (Lipinski definition) is 1. The van der Waals surface area contributed by atoms with Crippen LogP contribution in [0.15, 0.2) is 16.9 Å². The zero-order valence-corrected chi connectivity index (χ0v) is 8.03. The summed E-state index contributed by atoms with van der Waals surface area (Å²) >= 11 is 0. The molecule has 17 heavy (non-hydrogen) atoms. The Labute approximate surface area is 90.7 Å². The number of nitrogens with one attached hydrogen (secondary N) is 1. The van der Waals surface area contributed by atoms with Gasteiger partial charge in [0.2, 0.25) is 0 Å². The second-order valence-electron chi connectivity index (χ2n) is 3.29. The second-order valence-corrected chi connectivity index (χ2v) is 3.29. The van der Waals surface area contributed by atoms with Crippen LogP contribution in [0.4, 0.5) is 22.0 Å². The van der Waals surface area contributed by atoms with Crippen LogP contribution in [-0.4, -0.2) is 4.98 Å². The summed E-state index contributed by atoms with van der Waals surface area (Å²) in [5.74, 6) is -4.43. The molecule has 1 N–H and O–H groups in total. The first-order valence-corrected chi connectivity index (χ1v) is 4.40. The Morgan fingerprint density at radius 3 is 2.29 bits per heavy atom. The lowest BCUT2D eigenvalue weighted by Gasteiger charge is -2.05. The van der Waals surface area contributed by atoms with Crippen molar-refractivity contribution < 1.29 is 22.0 Å². The Balaban J connectivity index is 2.97. The molecule has 0 saturated heterocycles. The van der Waals surface area contributed by atoms with Gasteiger partial charge < -0.3 is 4.98 Å². The molecule has 2 aromatic rings. The van der Waals surface area contributed by atoms with Crippen molar-refractivity contribution in [3.05, 3.63) is 45.5 Å². The molecule has 1 aromatic carbocycles. The highest BCUT2D eigenvalue weighted by molar-refractivity contribution is 5.80. The summed E-state index contributed by atoms with van der Waals surface area (Å²) in [6, 6.07) is 0.641. The van der Waals surface area contributed by atoms with E-state index in [9.17, 15) is 26.7 Å². The van der Waals surface area contributed by atoms with Crippen molar-refractivity contribution in [2.45, 2.75) is 6.43 Å². The molecule has 0 bridgehead atoms. The molecule has 0 aliphatic carbocycles. The first-order chi connectivity index (χ1) is 7.91. The Morgan fingerprint density at radius 1 is 1.06 bits per heavy atom. The maximum Gasteiger partial charge on any atom is 0.278 e.